The number of nitrogens with zero attached hydrogens (tertiary/aromatic N) is 3. The highest BCUT2D eigenvalue weighted by Gasteiger charge is 2.41. The lowest BCUT2D eigenvalue weighted by Gasteiger charge is -2.48. The number of aromatic nitrogens is 2. The molecule has 1 aliphatic carbocycles. The Bertz CT molecular complexity index is 459. The Morgan fingerprint density at radius 3 is 2.71 bits per heavy atom. The molecule has 0 aromatic carbocycles. The summed E-state index contributed by atoms with van der Waals surface area (Å²) in [5.74, 6) is 1.84. The fourth-order valence-corrected chi connectivity index (χ4v) is 4.18. The normalized spacial score (nSPS) is 26.0. The third-order valence-corrected chi connectivity index (χ3v) is 5.54. The molecule has 0 amide bonds. The molecule has 118 valence electrons. The summed E-state index contributed by atoms with van der Waals surface area (Å²) in [7, 11) is 0. The van der Waals surface area contributed by atoms with Crippen LogP contribution in [0.5, 0.6) is 0 Å². The van der Waals surface area contributed by atoms with Gasteiger partial charge < -0.3 is 9.88 Å². The minimum absolute atomic E-state index is 0.412. The summed E-state index contributed by atoms with van der Waals surface area (Å²) < 4.78 is 2.28. The van der Waals surface area contributed by atoms with Gasteiger partial charge in [0.05, 0.1) is 0 Å². The summed E-state index contributed by atoms with van der Waals surface area (Å²) in [6.07, 6.45) is 9.52. The Morgan fingerprint density at radius 1 is 1.33 bits per heavy atom. The van der Waals surface area contributed by atoms with Crippen LogP contribution in [0.25, 0.3) is 0 Å². The van der Waals surface area contributed by atoms with Gasteiger partial charge in [0.15, 0.2) is 0 Å². The second-order valence-electron chi connectivity index (χ2n) is 7.32. The van der Waals surface area contributed by atoms with Gasteiger partial charge >= 0.3 is 0 Å². The van der Waals surface area contributed by atoms with Gasteiger partial charge in [-0.3, -0.25) is 4.90 Å². The molecule has 0 bridgehead atoms. The zero-order valence-corrected chi connectivity index (χ0v) is 13.8. The first-order chi connectivity index (χ1) is 10.1. The molecule has 4 heteroatoms. The van der Waals surface area contributed by atoms with E-state index in [9.17, 15) is 0 Å². The number of hydrogen-bond acceptors (Lipinski definition) is 3. The molecule has 1 N–H and O–H groups in total. The molecule has 0 radical (unpaired) electrons. The van der Waals surface area contributed by atoms with Crippen LogP contribution in [0, 0.1) is 12.8 Å². The van der Waals surface area contributed by atoms with Crippen LogP contribution in [0.1, 0.15) is 45.4 Å². The zero-order chi connectivity index (χ0) is 14.9. The van der Waals surface area contributed by atoms with Crippen LogP contribution >= 0.6 is 0 Å². The van der Waals surface area contributed by atoms with E-state index in [0.29, 0.717) is 17.5 Å². The van der Waals surface area contributed by atoms with Crippen molar-refractivity contribution in [3.05, 3.63) is 18.2 Å². The van der Waals surface area contributed by atoms with Gasteiger partial charge in [-0.25, -0.2) is 4.98 Å². The van der Waals surface area contributed by atoms with Crippen molar-refractivity contribution in [3.63, 3.8) is 0 Å². The Balaban J connectivity index is 1.67. The Morgan fingerprint density at radius 2 is 2.10 bits per heavy atom. The molecule has 3 rings (SSSR count). The molecule has 1 aromatic rings. The number of nitrogens with one attached hydrogen (secondary N) is 1. The molecule has 1 unspecified atom stereocenters. The summed E-state index contributed by atoms with van der Waals surface area (Å²) in [6, 6.07) is 0.667. The Labute approximate surface area is 128 Å². The topological polar surface area (TPSA) is 33.1 Å². The highest BCUT2D eigenvalue weighted by atomic mass is 15.3. The van der Waals surface area contributed by atoms with Gasteiger partial charge in [0, 0.05) is 50.2 Å². The number of rotatable bonds is 4. The molecule has 2 fully saturated rings. The molecular formula is C17H30N4. The summed E-state index contributed by atoms with van der Waals surface area (Å²) >= 11 is 0. The molecule has 4 nitrogen and oxygen atoms in total. The van der Waals surface area contributed by atoms with E-state index in [0.717, 1.165) is 25.5 Å². The first-order valence-electron chi connectivity index (χ1n) is 8.56. The summed E-state index contributed by atoms with van der Waals surface area (Å²) in [4.78, 5) is 7.08. The number of aryl methyl sites for hydroxylation is 1. The maximum absolute atomic E-state index is 4.34. The van der Waals surface area contributed by atoms with E-state index in [1.165, 1.54) is 32.2 Å². The molecule has 2 aliphatic rings. The average molecular weight is 290 g/mol. The molecule has 1 saturated carbocycles. The average Bonchev–Trinajstić information content (AvgIpc) is 3.06. The predicted molar refractivity (Wildman–Crippen MR) is 86.4 cm³/mol. The van der Waals surface area contributed by atoms with Crippen LogP contribution in [0.15, 0.2) is 12.4 Å². The van der Waals surface area contributed by atoms with E-state index >= 15 is 0 Å². The molecule has 2 heterocycles. The predicted octanol–water partition coefficient (Wildman–Crippen LogP) is 2.43. The van der Waals surface area contributed by atoms with Crippen LogP contribution in [0.4, 0.5) is 0 Å². The van der Waals surface area contributed by atoms with Gasteiger partial charge in [-0.1, -0.05) is 26.7 Å². The monoisotopic (exact) mass is 290 g/mol. The fraction of sp³-hybridized carbons (Fsp3) is 0.824. The molecule has 1 aromatic heterocycles. The molecule has 1 saturated heterocycles. The van der Waals surface area contributed by atoms with Crippen molar-refractivity contribution in [2.45, 2.75) is 64.6 Å². The van der Waals surface area contributed by atoms with Gasteiger partial charge in [-0.05, 0) is 25.7 Å². The third kappa shape index (κ3) is 3.16. The highest BCUT2D eigenvalue weighted by Crippen LogP contribution is 2.34. The van der Waals surface area contributed by atoms with Gasteiger partial charge in [-0.15, -0.1) is 0 Å². The van der Waals surface area contributed by atoms with Gasteiger partial charge in [0.25, 0.3) is 0 Å². The van der Waals surface area contributed by atoms with Crippen LogP contribution < -0.4 is 5.32 Å². The zero-order valence-electron chi connectivity index (χ0n) is 13.8. The first-order valence-corrected chi connectivity index (χ1v) is 8.56. The minimum Gasteiger partial charge on any atom is -0.334 e. The smallest absolute Gasteiger partial charge is 0.105 e. The summed E-state index contributed by atoms with van der Waals surface area (Å²) in [5.41, 5.74) is 0.412. The number of imidazole rings is 1. The fourth-order valence-electron chi connectivity index (χ4n) is 4.18. The lowest BCUT2D eigenvalue weighted by atomic mass is 9.89. The van der Waals surface area contributed by atoms with Crippen molar-refractivity contribution in [2.75, 3.05) is 19.6 Å². The molecule has 1 spiro atoms. The van der Waals surface area contributed by atoms with E-state index in [-0.39, 0.29) is 0 Å². The van der Waals surface area contributed by atoms with Crippen LogP contribution in [0.3, 0.4) is 0 Å². The summed E-state index contributed by atoms with van der Waals surface area (Å²) in [6.45, 7) is 11.4. The van der Waals surface area contributed by atoms with E-state index in [1.807, 2.05) is 6.20 Å². The Kier molecular flexibility index (Phi) is 4.36. The second-order valence-corrected chi connectivity index (χ2v) is 7.32. The van der Waals surface area contributed by atoms with Crippen LogP contribution in [0.2, 0.25) is 0 Å². The molecule has 1 atom stereocenters. The lowest BCUT2D eigenvalue weighted by molar-refractivity contribution is 0.0541. The van der Waals surface area contributed by atoms with Crippen molar-refractivity contribution >= 4 is 0 Å². The van der Waals surface area contributed by atoms with Crippen molar-refractivity contribution in [1.29, 1.82) is 0 Å². The highest BCUT2D eigenvalue weighted by molar-refractivity contribution is 5.01. The molecule has 1 aliphatic heterocycles. The van der Waals surface area contributed by atoms with Gasteiger partial charge in [0.2, 0.25) is 0 Å². The van der Waals surface area contributed by atoms with Gasteiger partial charge in [-0.2, -0.15) is 0 Å². The number of hydrogen-bond donors (Lipinski definition) is 1. The maximum Gasteiger partial charge on any atom is 0.105 e. The third-order valence-electron chi connectivity index (χ3n) is 5.54. The molecular weight excluding hydrogens is 260 g/mol. The quantitative estimate of drug-likeness (QED) is 0.924. The van der Waals surface area contributed by atoms with E-state index in [4.69, 9.17) is 0 Å². The molecule has 21 heavy (non-hydrogen) atoms. The maximum atomic E-state index is 4.34. The van der Waals surface area contributed by atoms with Crippen molar-refractivity contribution in [3.8, 4) is 0 Å². The standard InChI is InChI=1S/C17H30N4/c1-14(2)16-12-19-17(6-4-5-7-17)13-21(16)11-10-20-9-8-18-15(20)3/h8-9,14,16,19H,4-7,10-13H2,1-3H3. The van der Waals surface area contributed by atoms with Crippen molar-refractivity contribution < 1.29 is 0 Å². The van der Waals surface area contributed by atoms with Gasteiger partial charge in [0.1, 0.15) is 5.82 Å². The SMILES string of the molecule is Cc1nccn1CCN1CC2(CCCC2)NCC1C(C)C. The van der Waals surface area contributed by atoms with Crippen molar-refractivity contribution in [1.82, 2.24) is 19.8 Å². The number of piperazine rings is 1. The van der Waals surface area contributed by atoms with E-state index < -0.39 is 0 Å². The van der Waals surface area contributed by atoms with Crippen LogP contribution in [-0.4, -0.2) is 45.7 Å². The first kappa shape index (κ1) is 15.0. The second kappa shape index (κ2) is 6.09. The van der Waals surface area contributed by atoms with E-state index in [2.05, 4.69) is 46.7 Å². The summed E-state index contributed by atoms with van der Waals surface area (Å²) in [5, 5.41) is 3.90. The van der Waals surface area contributed by atoms with E-state index in [1.54, 1.807) is 0 Å². The Hall–Kier alpha value is -0.870. The lowest BCUT2D eigenvalue weighted by Crippen LogP contribution is -2.64. The van der Waals surface area contributed by atoms with Crippen molar-refractivity contribution in [2.24, 2.45) is 5.92 Å². The largest absolute Gasteiger partial charge is 0.334 e. The van der Waals surface area contributed by atoms with Crippen LogP contribution in [-0.2, 0) is 6.54 Å². The minimum atomic E-state index is 0.412.